The maximum atomic E-state index is 6.21. The number of nitrogens with zero attached hydrogens (tertiary/aromatic N) is 3. The monoisotopic (exact) mass is 407 g/mol. The van der Waals surface area contributed by atoms with E-state index in [1.54, 1.807) is 11.8 Å². The number of benzene rings is 2. The Kier molecular flexibility index (Phi) is 6.12. The van der Waals surface area contributed by atoms with E-state index in [1.807, 2.05) is 67.9 Å². The molecule has 1 atom stereocenters. The van der Waals surface area contributed by atoms with Gasteiger partial charge in [-0.3, -0.25) is 0 Å². The summed E-state index contributed by atoms with van der Waals surface area (Å²) in [6.07, 6.45) is -0.234. The molecule has 0 N–H and O–H groups in total. The molecule has 136 valence electrons. The Labute approximate surface area is 167 Å². The normalized spacial score (nSPS) is 12.2. The third kappa shape index (κ3) is 4.34. The van der Waals surface area contributed by atoms with Crippen molar-refractivity contribution in [1.29, 1.82) is 0 Å². The number of halogens is 2. The Morgan fingerprint density at radius 3 is 2.62 bits per heavy atom. The Balaban J connectivity index is 1.69. The molecule has 1 unspecified atom stereocenters. The quantitative estimate of drug-likeness (QED) is 0.479. The van der Waals surface area contributed by atoms with E-state index in [9.17, 15) is 0 Å². The van der Waals surface area contributed by atoms with Gasteiger partial charge in [0.05, 0.1) is 0 Å². The lowest BCUT2D eigenvalue weighted by Gasteiger charge is -2.15. The highest BCUT2D eigenvalue weighted by atomic mass is 35.5. The van der Waals surface area contributed by atoms with E-state index in [4.69, 9.17) is 27.9 Å². The lowest BCUT2D eigenvalue weighted by molar-refractivity contribution is 0.211. The molecular formula is C19H19Cl2N3OS. The average molecular weight is 408 g/mol. The first-order valence-electron chi connectivity index (χ1n) is 8.14. The molecule has 3 aromatic rings. The topological polar surface area (TPSA) is 39.9 Å². The summed E-state index contributed by atoms with van der Waals surface area (Å²) < 4.78 is 7.95. The molecule has 0 saturated heterocycles. The van der Waals surface area contributed by atoms with Crippen LogP contribution in [0.15, 0.2) is 47.6 Å². The largest absolute Gasteiger partial charge is 0.483 e. The van der Waals surface area contributed by atoms with E-state index in [2.05, 4.69) is 10.2 Å². The first kappa shape index (κ1) is 19.1. The second kappa shape index (κ2) is 8.33. The molecule has 0 saturated carbocycles. The van der Waals surface area contributed by atoms with Gasteiger partial charge in [-0.05, 0) is 49.2 Å². The molecule has 0 spiro atoms. The molecule has 0 fully saturated rings. The van der Waals surface area contributed by atoms with Crippen LogP contribution >= 0.6 is 35.0 Å². The van der Waals surface area contributed by atoms with E-state index < -0.39 is 0 Å². The molecule has 0 bridgehead atoms. The minimum atomic E-state index is -0.234. The zero-order valence-corrected chi connectivity index (χ0v) is 17.1. The molecule has 7 heteroatoms. The second-order valence-electron chi connectivity index (χ2n) is 5.95. The summed E-state index contributed by atoms with van der Waals surface area (Å²) in [6.45, 7) is 3.90. The predicted octanol–water partition coefficient (Wildman–Crippen LogP) is 5.86. The van der Waals surface area contributed by atoms with Gasteiger partial charge in [-0.2, -0.15) is 0 Å². The van der Waals surface area contributed by atoms with Gasteiger partial charge < -0.3 is 9.30 Å². The summed E-state index contributed by atoms with van der Waals surface area (Å²) in [5.74, 6) is 2.25. The summed E-state index contributed by atoms with van der Waals surface area (Å²) in [7, 11) is 1.94. The van der Waals surface area contributed by atoms with Crippen molar-refractivity contribution >= 4 is 35.0 Å². The van der Waals surface area contributed by atoms with Crippen LogP contribution in [0.4, 0.5) is 0 Å². The van der Waals surface area contributed by atoms with E-state index >= 15 is 0 Å². The molecule has 0 aliphatic rings. The lowest BCUT2D eigenvalue weighted by Crippen LogP contribution is -2.10. The summed E-state index contributed by atoms with van der Waals surface area (Å²) in [4.78, 5) is 0. The molecule has 0 aliphatic carbocycles. The highest BCUT2D eigenvalue weighted by Gasteiger charge is 2.18. The molecule has 0 amide bonds. The summed E-state index contributed by atoms with van der Waals surface area (Å²) >= 11 is 13.9. The third-order valence-electron chi connectivity index (χ3n) is 3.99. The predicted molar refractivity (Wildman–Crippen MR) is 107 cm³/mol. The van der Waals surface area contributed by atoms with Crippen molar-refractivity contribution in [1.82, 2.24) is 14.8 Å². The van der Waals surface area contributed by atoms with Gasteiger partial charge >= 0.3 is 0 Å². The highest BCUT2D eigenvalue weighted by molar-refractivity contribution is 7.98. The van der Waals surface area contributed by atoms with Crippen molar-refractivity contribution in [2.75, 3.05) is 0 Å². The summed E-state index contributed by atoms with van der Waals surface area (Å²) in [5.41, 5.74) is 2.05. The first-order valence-corrected chi connectivity index (χ1v) is 9.88. The number of hydrogen-bond acceptors (Lipinski definition) is 4. The molecule has 2 aromatic carbocycles. The maximum Gasteiger partial charge on any atom is 0.191 e. The first-order chi connectivity index (χ1) is 12.5. The fourth-order valence-corrected chi connectivity index (χ4v) is 3.83. The van der Waals surface area contributed by atoms with E-state index in [0.717, 1.165) is 43.7 Å². The molecule has 1 aromatic heterocycles. The van der Waals surface area contributed by atoms with Gasteiger partial charge in [-0.1, -0.05) is 53.2 Å². The van der Waals surface area contributed by atoms with Crippen molar-refractivity contribution in [3.63, 3.8) is 0 Å². The molecule has 4 nitrogen and oxygen atoms in total. The van der Waals surface area contributed by atoms with Gasteiger partial charge in [0.25, 0.3) is 0 Å². The van der Waals surface area contributed by atoms with E-state index in [1.165, 1.54) is 0 Å². The molecule has 26 heavy (non-hydrogen) atoms. The standard InChI is InChI=1S/C19H19Cl2N3OS/c1-12-10-15(8-9-16(12)20)25-13(2)18-22-23-19(24(18)3)26-11-14-6-4-5-7-17(14)21/h4-10,13H,11H2,1-3H3. The number of thioether (sulfide) groups is 1. The van der Waals surface area contributed by atoms with Crippen LogP contribution in [0.2, 0.25) is 10.0 Å². The Morgan fingerprint density at radius 1 is 1.12 bits per heavy atom. The second-order valence-corrected chi connectivity index (χ2v) is 7.71. The fourth-order valence-electron chi connectivity index (χ4n) is 2.51. The van der Waals surface area contributed by atoms with Crippen molar-refractivity contribution in [3.8, 4) is 5.75 Å². The van der Waals surface area contributed by atoms with Crippen molar-refractivity contribution in [2.45, 2.75) is 30.9 Å². The van der Waals surface area contributed by atoms with Crippen LogP contribution in [0, 0.1) is 6.92 Å². The Hall–Kier alpha value is -1.69. The number of aryl methyl sites for hydroxylation is 1. The van der Waals surface area contributed by atoms with Crippen molar-refractivity contribution in [3.05, 3.63) is 69.5 Å². The van der Waals surface area contributed by atoms with Gasteiger partial charge in [0.15, 0.2) is 17.1 Å². The summed E-state index contributed by atoms with van der Waals surface area (Å²) in [5, 5.41) is 10.9. The van der Waals surface area contributed by atoms with E-state index in [-0.39, 0.29) is 6.10 Å². The zero-order valence-electron chi connectivity index (χ0n) is 14.7. The van der Waals surface area contributed by atoms with Gasteiger partial charge in [-0.15, -0.1) is 10.2 Å². The minimum absolute atomic E-state index is 0.234. The lowest BCUT2D eigenvalue weighted by atomic mass is 10.2. The Bertz CT molecular complexity index is 914. The number of hydrogen-bond donors (Lipinski definition) is 0. The fraction of sp³-hybridized carbons (Fsp3) is 0.263. The SMILES string of the molecule is Cc1cc(OC(C)c2nnc(SCc3ccccc3Cl)n2C)ccc1Cl. The van der Waals surface area contributed by atoms with Crippen molar-refractivity contribution in [2.24, 2.45) is 7.05 Å². The molecule has 0 radical (unpaired) electrons. The van der Waals surface area contributed by atoms with Crippen LogP contribution < -0.4 is 4.74 Å². The van der Waals surface area contributed by atoms with Crippen LogP contribution in [0.1, 0.15) is 30.0 Å². The number of ether oxygens (including phenoxy) is 1. The van der Waals surface area contributed by atoms with Gasteiger partial charge in [0.1, 0.15) is 5.75 Å². The van der Waals surface area contributed by atoms with Gasteiger partial charge in [0, 0.05) is 22.8 Å². The average Bonchev–Trinajstić information content (AvgIpc) is 2.98. The maximum absolute atomic E-state index is 6.21. The van der Waals surface area contributed by atoms with Gasteiger partial charge in [0.2, 0.25) is 0 Å². The minimum Gasteiger partial charge on any atom is -0.483 e. The molecule has 3 rings (SSSR count). The third-order valence-corrected chi connectivity index (χ3v) is 5.85. The van der Waals surface area contributed by atoms with Crippen molar-refractivity contribution < 1.29 is 4.74 Å². The number of aromatic nitrogens is 3. The van der Waals surface area contributed by atoms with E-state index in [0.29, 0.717) is 0 Å². The van der Waals surface area contributed by atoms with Crippen LogP contribution in [-0.2, 0) is 12.8 Å². The molecule has 0 aliphatic heterocycles. The van der Waals surface area contributed by atoms with Gasteiger partial charge in [-0.25, -0.2) is 0 Å². The Morgan fingerprint density at radius 2 is 1.88 bits per heavy atom. The highest BCUT2D eigenvalue weighted by Crippen LogP contribution is 2.29. The van der Waals surface area contributed by atoms with Crippen LogP contribution in [0.3, 0.4) is 0 Å². The van der Waals surface area contributed by atoms with Crippen LogP contribution in [-0.4, -0.2) is 14.8 Å². The number of rotatable bonds is 6. The smallest absolute Gasteiger partial charge is 0.191 e. The zero-order chi connectivity index (χ0) is 18.7. The van der Waals surface area contributed by atoms with Crippen LogP contribution in [0.25, 0.3) is 0 Å². The molecule has 1 heterocycles. The molecular weight excluding hydrogens is 389 g/mol. The van der Waals surface area contributed by atoms with Crippen LogP contribution in [0.5, 0.6) is 5.75 Å². The summed E-state index contributed by atoms with van der Waals surface area (Å²) in [6, 6.07) is 13.4.